The lowest BCUT2D eigenvalue weighted by Crippen LogP contribution is -2.31. The molecule has 0 radical (unpaired) electrons. The third-order valence-corrected chi connectivity index (χ3v) is 5.06. The fraction of sp³-hybridized carbons (Fsp3) is 0.429. The molecule has 0 aromatic carbocycles. The Hall–Kier alpha value is -1.93. The van der Waals surface area contributed by atoms with Crippen molar-refractivity contribution >= 4 is 21.4 Å². The number of nitrogens with zero attached hydrogens (tertiary/aromatic N) is 3. The number of likely N-dealkylation sites (tertiary alicyclic amines) is 1. The lowest BCUT2D eigenvalue weighted by Gasteiger charge is -2.17. The van der Waals surface area contributed by atoms with E-state index in [2.05, 4.69) is 5.10 Å². The van der Waals surface area contributed by atoms with Crippen LogP contribution in [-0.2, 0) is 10.0 Å². The molecule has 8 heteroatoms. The number of nitrogens with two attached hydrogens (primary N) is 1. The molecule has 2 atom stereocenters. The number of pyridine rings is 1. The van der Waals surface area contributed by atoms with E-state index in [4.69, 9.17) is 5.14 Å². The van der Waals surface area contributed by atoms with Crippen LogP contribution in [0.3, 0.4) is 0 Å². The number of amides is 1. The summed E-state index contributed by atoms with van der Waals surface area (Å²) in [5.41, 5.74) is 1.32. The first-order chi connectivity index (χ1) is 10.3. The van der Waals surface area contributed by atoms with Crippen LogP contribution in [0.5, 0.6) is 0 Å². The molecule has 0 spiro atoms. The smallest absolute Gasteiger partial charge is 0.256 e. The number of aromatic nitrogens is 2. The third-order valence-electron chi connectivity index (χ3n) is 4.17. The Bertz CT molecular complexity index is 814. The van der Waals surface area contributed by atoms with Crippen molar-refractivity contribution < 1.29 is 13.2 Å². The van der Waals surface area contributed by atoms with Crippen LogP contribution in [0, 0.1) is 11.8 Å². The predicted octanol–water partition coefficient (Wildman–Crippen LogP) is 0.331. The molecule has 1 amide bonds. The van der Waals surface area contributed by atoms with Gasteiger partial charge in [0.05, 0.1) is 23.0 Å². The SMILES string of the molecule is C[C@@H]1CN(C(=O)c2cccn3nccc23)C[C@H]1CS(N)(=O)=O. The maximum absolute atomic E-state index is 12.7. The molecule has 118 valence electrons. The van der Waals surface area contributed by atoms with E-state index >= 15 is 0 Å². The van der Waals surface area contributed by atoms with Gasteiger partial charge in [0.2, 0.25) is 10.0 Å². The summed E-state index contributed by atoms with van der Waals surface area (Å²) in [6.45, 7) is 2.89. The van der Waals surface area contributed by atoms with Crippen molar-refractivity contribution in [2.75, 3.05) is 18.8 Å². The van der Waals surface area contributed by atoms with Crippen LogP contribution in [0.4, 0.5) is 0 Å². The van der Waals surface area contributed by atoms with Gasteiger partial charge in [-0.05, 0) is 30.0 Å². The zero-order valence-electron chi connectivity index (χ0n) is 12.2. The summed E-state index contributed by atoms with van der Waals surface area (Å²) in [4.78, 5) is 14.4. The summed E-state index contributed by atoms with van der Waals surface area (Å²) in [6.07, 6.45) is 3.42. The summed E-state index contributed by atoms with van der Waals surface area (Å²) < 4.78 is 24.2. The van der Waals surface area contributed by atoms with Gasteiger partial charge in [-0.15, -0.1) is 0 Å². The number of carbonyl (C=O) groups excluding carboxylic acids is 1. The molecule has 1 fully saturated rings. The Morgan fingerprint density at radius 1 is 1.41 bits per heavy atom. The van der Waals surface area contributed by atoms with E-state index < -0.39 is 10.0 Å². The van der Waals surface area contributed by atoms with Gasteiger partial charge in [0.15, 0.2) is 0 Å². The summed E-state index contributed by atoms with van der Waals surface area (Å²) >= 11 is 0. The van der Waals surface area contributed by atoms with Gasteiger partial charge in [-0.1, -0.05) is 6.92 Å². The Balaban J connectivity index is 1.83. The van der Waals surface area contributed by atoms with Crippen LogP contribution >= 0.6 is 0 Å². The van der Waals surface area contributed by atoms with Crippen LogP contribution in [0.2, 0.25) is 0 Å². The Labute approximate surface area is 128 Å². The highest BCUT2D eigenvalue weighted by Crippen LogP contribution is 2.26. The van der Waals surface area contributed by atoms with Crippen molar-refractivity contribution in [1.82, 2.24) is 14.5 Å². The Morgan fingerprint density at radius 2 is 2.18 bits per heavy atom. The van der Waals surface area contributed by atoms with Gasteiger partial charge in [-0.3, -0.25) is 4.79 Å². The second kappa shape index (κ2) is 5.36. The summed E-state index contributed by atoms with van der Waals surface area (Å²) in [5.74, 6) is -0.208. The minimum absolute atomic E-state index is 0.0885. The Kier molecular flexibility index (Phi) is 3.65. The monoisotopic (exact) mass is 322 g/mol. The molecule has 2 aromatic heterocycles. The first kappa shape index (κ1) is 15.0. The van der Waals surface area contributed by atoms with Crippen molar-refractivity contribution in [3.63, 3.8) is 0 Å². The molecular weight excluding hydrogens is 304 g/mol. The fourth-order valence-corrected chi connectivity index (χ4v) is 4.05. The molecule has 1 aliphatic rings. The van der Waals surface area contributed by atoms with Gasteiger partial charge in [-0.25, -0.2) is 18.1 Å². The molecule has 3 heterocycles. The molecule has 0 aliphatic carbocycles. The zero-order chi connectivity index (χ0) is 15.9. The minimum Gasteiger partial charge on any atom is -0.338 e. The minimum atomic E-state index is -3.53. The number of rotatable bonds is 3. The van der Waals surface area contributed by atoms with E-state index in [0.717, 1.165) is 5.52 Å². The lowest BCUT2D eigenvalue weighted by atomic mass is 10.0. The lowest BCUT2D eigenvalue weighted by molar-refractivity contribution is 0.0786. The average molecular weight is 322 g/mol. The van der Waals surface area contributed by atoms with Crippen LogP contribution < -0.4 is 5.14 Å². The number of fused-ring (bicyclic) bond motifs is 1. The normalized spacial score (nSPS) is 22.4. The van der Waals surface area contributed by atoms with E-state index in [1.807, 2.05) is 6.92 Å². The third kappa shape index (κ3) is 2.84. The summed E-state index contributed by atoms with van der Waals surface area (Å²) in [6, 6.07) is 5.32. The maximum Gasteiger partial charge on any atom is 0.256 e. The molecule has 2 N–H and O–H groups in total. The molecule has 0 unspecified atom stereocenters. The van der Waals surface area contributed by atoms with Crippen LogP contribution in [0.25, 0.3) is 5.52 Å². The zero-order valence-corrected chi connectivity index (χ0v) is 13.0. The molecule has 2 aromatic rings. The van der Waals surface area contributed by atoms with Crippen LogP contribution in [0.15, 0.2) is 30.6 Å². The van der Waals surface area contributed by atoms with E-state index in [-0.39, 0.29) is 23.5 Å². The van der Waals surface area contributed by atoms with Gasteiger partial charge in [0, 0.05) is 19.3 Å². The number of hydrogen-bond donors (Lipinski definition) is 1. The molecule has 1 aliphatic heterocycles. The van der Waals surface area contributed by atoms with E-state index in [1.165, 1.54) is 0 Å². The second-order valence-electron chi connectivity index (χ2n) is 5.86. The quantitative estimate of drug-likeness (QED) is 0.880. The molecule has 0 saturated carbocycles. The van der Waals surface area contributed by atoms with Gasteiger partial charge in [0.25, 0.3) is 5.91 Å². The molecule has 3 rings (SSSR count). The molecule has 7 nitrogen and oxygen atoms in total. The van der Waals surface area contributed by atoms with Gasteiger partial charge < -0.3 is 4.90 Å². The molecule has 0 bridgehead atoms. The largest absolute Gasteiger partial charge is 0.338 e. The van der Waals surface area contributed by atoms with Crippen molar-refractivity contribution in [3.05, 3.63) is 36.2 Å². The Morgan fingerprint density at radius 3 is 2.91 bits per heavy atom. The van der Waals surface area contributed by atoms with Crippen molar-refractivity contribution in [2.45, 2.75) is 6.92 Å². The van der Waals surface area contributed by atoms with E-state index in [9.17, 15) is 13.2 Å². The van der Waals surface area contributed by atoms with Crippen molar-refractivity contribution in [3.8, 4) is 0 Å². The first-order valence-electron chi connectivity index (χ1n) is 7.07. The number of carbonyl (C=O) groups is 1. The average Bonchev–Trinajstić information content (AvgIpc) is 3.03. The van der Waals surface area contributed by atoms with E-state index in [1.54, 1.807) is 40.0 Å². The topological polar surface area (TPSA) is 97.8 Å². The molecule has 22 heavy (non-hydrogen) atoms. The van der Waals surface area contributed by atoms with Crippen molar-refractivity contribution in [1.29, 1.82) is 0 Å². The van der Waals surface area contributed by atoms with Crippen LogP contribution in [0.1, 0.15) is 17.3 Å². The van der Waals surface area contributed by atoms with Gasteiger partial charge in [0.1, 0.15) is 0 Å². The predicted molar refractivity (Wildman–Crippen MR) is 81.7 cm³/mol. The summed E-state index contributed by atoms with van der Waals surface area (Å²) in [7, 11) is -3.53. The molecular formula is C14H18N4O3S. The number of primary sulfonamides is 1. The highest BCUT2D eigenvalue weighted by Gasteiger charge is 2.35. The van der Waals surface area contributed by atoms with Gasteiger partial charge in [-0.2, -0.15) is 5.10 Å². The fourth-order valence-electron chi connectivity index (χ4n) is 3.02. The number of sulfonamides is 1. The molecule has 1 saturated heterocycles. The van der Waals surface area contributed by atoms with Crippen LogP contribution in [-0.4, -0.2) is 47.7 Å². The second-order valence-corrected chi connectivity index (χ2v) is 7.52. The standard InChI is InChI=1S/C14H18N4O3S/c1-10-7-17(8-11(10)9-22(15,20)21)14(19)12-3-2-6-18-13(12)4-5-16-18/h2-6,10-11H,7-9H2,1H3,(H2,15,20,21)/t10-,11+/m1/s1. The first-order valence-corrected chi connectivity index (χ1v) is 8.79. The number of hydrogen-bond acceptors (Lipinski definition) is 4. The maximum atomic E-state index is 12.7. The summed E-state index contributed by atoms with van der Waals surface area (Å²) in [5, 5.41) is 9.24. The van der Waals surface area contributed by atoms with E-state index in [0.29, 0.717) is 18.7 Å². The highest BCUT2D eigenvalue weighted by molar-refractivity contribution is 7.89. The van der Waals surface area contributed by atoms with Gasteiger partial charge >= 0.3 is 0 Å². The highest BCUT2D eigenvalue weighted by atomic mass is 32.2. The van der Waals surface area contributed by atoms with Crippen molar-refractivity contribution in [2.24, 2.45) is 17.0 Å².